The molecule has 1 amide bonds. The summed E-state index contributed by atoms with van der Waals surface area (Å²) in [6, 6.07) is 11.8. The molecule has 0 unspecified atom stereocenters. The van der Waals surface area contributed by atoms with Gasteiger partial charge in [-0.3, -0.25) is 4.79 Å². The van der Waals surface area contributed by atoms with Crippen molar-refractivity contribution >= 4 is 17.5 Å². The van der Waals surface area contributed by atoms with Gasteiger partial charge in [0.05, 0.1) is 11.6 Å². The summed E-state index contributed by atoms with van der Waals surface area (Å²) in [5.41, 5.74) is 0.410. The van der Waals surface area contributed by atoms with E-state index in [-0.39, 0.29) is 22.8 Å². The van der Waals surface area contributed by atoms with Crippen LogP contribution in [0.25, 0.3) is 0 Å². The number of benzene rings is 2. The van der Waals surface area contributed by atoms with E-state index in [1.54, 1.807) is 11.9 Å². The molecule has 3 rings (SSSR count). The van der Waals surface area contributed by atoms with Crippen LogP contribution >= 0.6 is 11.6 Å². The fourth-order valence-electron chi connectivity index (χ4n) is 2.40. The molecule has 6 heteroatoms. The molecule has 1 heterocycles. The summed E-state index contributed by atoms with van der Waals surface area (Å²) in [6.07, 6.45) is -0.244. The first-order valence-electron chi connectivity index (χ1n) is 7.17. The van der Waals surface area contributed by atoms with Crippen molar-refractivity contribution in [3.63, 3.8) is 0 Å². The van der Waals surface area contributed by atoms with Crippen LogP contribution in [0.15, 0.2) is 42.5 Å². The van der Waals surface area contributed by atoms with E-state index in [0.717, 1.165) is 0 Å². The highest BCUT2D eigenvalue weighted by atomic mass is 35.5. The molecular weight excluding hydrogens is 318 g/mol. The monoisotopic (exact) mass is 333 g/mol. The predicted octanol–water partition coefficient (Wildman–Crippen LogP) is 2.96. The first-order chi connectivity index (χ1) is 11.0. The van der Waals surface area contributed by atoms with Crippen molar-refractivity contribution in [2.24, 2.45) is 0 Å². The second-order valence-corrected chi connectivity index (χ2v) is 5.76. The van der Waals surface area contributed by atoms with Crippen LogP contribution in [0.4, 0.5) is 0 Å². The van der Waals surface area contributed by atoms with Crippen molar-refractivity contribution in [3.05, 3.63) is 53.1 Å². The Morgan fingerprint density at radius 2 is 2.04 bits per heavy atom. The van der Waals surface area contributed by atoms with Crippen molar-refractivity contribution in [1.82, 2.24) is 4.90 Å². The number of hydrogen-bond donors (Lipinski definition) is 1. The molecule has 0 bridgehead atoms. The Labute approximate surface area is 139 Å². The topological polar surface area (TPSA) is 59.0 Å². The number of carbonyl (C=O) groups is 1. The van der Waals surface area contributed by atoms with E-state index in [0.29, 0.717) is 30.2 Å². The van der Waals surface area contributed by atoms with Gasteiger partial charge >= 0.3 is 0 Å². The molecule has 1 aliphatic heterocycles. The fraction of sp³-hybridized carbons (Fsp3) is 0.235. The number of halogens is 1. The average Bonchev–Trinajstić information content (AvgIpc) is 2.56. The molecule has 5 nitrogen and oxygen atoms in total. The van der Waals surface area contributed by atoms with Crippen LogP contribution in [0.1, 0.15) is 10.4 Å². The highest BCUT2D eigenvalue weighted by Crippen LogP contribution is 2.31. The van der Waals surface area contributed by atoms with Gasteiger partial charge in [-0.1, -0.05) is 23.7 Å². The predicted molar refractivity (Wildman–Crippen MR) is 86.4 cm³/mol. The number of phenols is 1. The van der Waals surface area contributed by atoms with E-state index in [4.69, 9.17) is 21.1 Å². The van der Waals surface area contributed by atoms with E-state index in [1.807, 2.05) is 24.3 Å². The van der Waals surface area contributed by atoms with Gasteiger partial charge in [0.25, 0.3) is 5.91 Å². The van der Waals surface area contributed by atoms with Crippen molar-refractivity contribution < 1.29 is 19.4 Å². The Morgan fingerprint density at radius 3 is 2.78 bits per heavy atom. The maximum absolute atomic E-state index is 12.4. The zero-order valence-electron chi connectivity index (χ0n) is 12.5. The molecule has 0 fully saturated rings. The Kier molecular flexibility index (Phi) is 4.30. The Balaban J connectivity index is 1.66. The van der Waals surface area contributed by atoms with Crippen LogP contribution in [0.3, 0.4) is 0 Å². The molecule has 0 spiro atoms. The molecule has 0 saturated carbocycles. The van der Waals surface area contributed by atoms with E-state index in [1.165, 1.54) is 18.2 Å². The van der Waals surface area contributed by atoms with Crippen LogP contribution in [0, 0.1) is 0 Å². The van der Waals surface area contributed by atoms with Crippen LogP contribution in [0.5, 0.6) is 17.2 Å². The third-order valence-electron chi connectivity index (χ3n) is 3.59. The Bertz CT molecular complexity index is 734. The largest absolute Gasteiger partial charge is 0.506 e. The number of hydrogen-bond acceptors (Lipinski definition) is 4. The number of fused-ring (bicyclic) bond motifs is 1. The number of phenolic OH excluding ortho intramolecular Hbond substituents is 1. The summed E-state index contributed by atoms with van der Waals surface area (Å²) in [7, 11) is 1.69. The number of amides is 1. The van der Waals surface area contributed by atoms with Crippen LogP contribution in [-0.4, -0.2) is 42.2 Å². The molecule has 0 radical (unpaired) electrons. The molecular formula is C17H16ClNO4. The summed E-state index contributed by atoms with van der Waals surface area (Å²) in [5, 5.41) is 9.57. The normalized spacial score (nSPS) is 16.0. The minimum Gasteiger partial charge on any atom is -0.506 e. The maximum Gasteiger partial charge on any atom is 0.253 e. The standard InChI is InChI=1S/C17H16ClNO4/c1-19(17(21)11-6-7-14(20)13(18)8-11)9-12-10-22-15-4-2-3-5-16(15)23-12/h2-8,12,20H,9-10H2,1H3/t12-/m0/s1. The van der Waals surface area contributed by atoms with Gasteiger partial charge in [0.15, 0.2) is 17.6 Å². The van der Waals surface area contributed by atoms with Gasteiger partial charge in [-0.15, -0.1) is 0 Å². The Morgan fingerprint density at radius 1 is 1.30 bits per heavy atom. The lowest BCUT2D eigenvalue weighted by atomic mass is 10.2. The lowest BCUT2D eigenvalue weighted by molar-refractivity contribution is 0.0521. The first kappa shape index (κ1) is 15.5. The van der Waals surface area contributed by atoms with Gasteiger partial charge in [0.2, 0.25) is 0 Å². The van der Waals surface area contributed by atoms with Crippen LogP contribution in [0.2, 0.25) is 5.02 Å². The van der Waals surface area contributed by atoms with Crippen molar-refractivity contribution in [2.75, 3.05) is 20.2 Å². The second-order valence-electron chi connectivity index (χ2n) is 5.35. The molecule has 0 saturated heterocycles. The summed E-state index contributed by atoms with van der Waals surface area (Å²) in [5.74, 6) is 1.14. The molecule has 0 aromatic heterocycles. The van der Waals surface area contributed by atoms with Gasteiger partial charge in [0.1, 0.15) is 12.4 Å². The molecule has 23 heavy (non-hydrogen) atoms. The van der Waals surface area contributed by atoms with E-state index in [2.05, 4.69) is 0 Å². The van der Waals surface area contributed by atoms with Crippen LogP contribution < -0.4 is 9.47 Å². The molecule has 2 aromatic rings. The number of carbonyl (C=O) groups excluding carboxylic acids is 1. The second kappa shape index (κ2) is 6.38. The van der Waals surface area contributed by atoms with Crippen molar-refractivity contribution in [1.29, 1.82) is 0 Å². The number of ether oxygens (including phenoxy) is 2. The van der Waals surface area contributed by atoms with Crippen molar-refractivity contribution in [2.45, 2.75) is 6.10 Å². The fourth-order valence-corrected chi connectivity index (χ4v) is 2.58. The third-order valence-corrected chi connectivity index (χ3v) is 3.89. The lowest BCUT2D eigenvalue weighted by Gasteiger charge is -2.29. The van der Waals surface area contributed by atoms with Crippen LogP contribution in [-0.2, 0) is 0 Å². The summed E-state index contributed by atoms with van der Waals surface area (Å²) >= 11 is 5.85. The highest BCUT2D eigenvalue weighted by Gasteiger charge is 2.24. The average molecular weight is 334 g/mol. The SMILES string of the molecule is CN(C[C@H]1COc2ccccc2O1)C(=O)c1ccc(O)c(Cl)c1. The summed E-state index contributed by atoms with van der Waals surface area (Å²) in [4.78, 5) is 14.0. The number of rotatable bonds is 3. The van der Waals surface area contributed by atoms with E-state index in [9.17, 15) is 9.90 Å². The van der Waals surface area contributed by atoms with Gasteiger partial charge in [-0.2, -0.15) is 0 Å². The van der Waals surface area contributed by atoms with Crippen molar-refractivity contribution in [3.8, 4) is 17.2 Å². The molecule has 1 N–H and O–H groups in total. The Hall–Kier alpha value is -2.40. The zero-order valence-corrected chi connectivity index (χ0v) is 13.3. The summed E-state index contributed by atoms with van der Waals surface area (Å²) in [6.45, 7) is 0.761. The summed E-state index contributed by atoms with van der Waals surface area (Å²) < 4.78 is 11.5. The molecule has 2 aromatic carbocycles. The highest BCUT2D eigenvalue weighted by molar-refractivity contribution is 6.32. The van der Waals surface area contributed by atoms with Gasteiger partial charge < -0.3 is 19.5 Å². The number of aromatic hydroxyl groups is 1. The van der Waals surface area contributed by atoms with Gasteiger partial charge in [-0.25, -0.2) is 0 Å². The lowest BCUT2D eigenvalue weighted by Crippen LogP contribution is -2.41. The third kappa shape index (κ3) is 3.35. The molecule has 1 atom stereocenters. The first-order valence-corrected chi connectivity index (χ1v) is 7.55. The number of nitrogens with zero attached hydrogens (tertiary/aromatic N) is 1. The zero-order chi connectivity index (χ0) is 16.4. The molecule has 0 aliphatic carbocycles. The van der Waals surface area contributed by atoms with Gasteiger partial charge in [0, 0.05) is 12.6 Å². The smallest absolute Gasteiger partial charge is 0.253 e. The number of para-hydroxylation sites is 2. The van der Waals surface area contributed by atoms with E-state index < -0.39 is 0 Å². The number of likely N-dealkylation sites (N-methyl/N-ethyl adjacent to an activating group) is 1. The quantitative estimate of drug-likeness (QED) is 0.938. The molecule has 120 valence electrons. The minimum absolute atomic E-state index is 0.0495. The minimum atomic E-state index is -0.244. The maximum atomic E-state index is 12.4. The molecule has 1 aliphatic rings. The van der Waals surface area contributed by atoms with E-state index >= 15 is 0 Å². The van der Waals surface area contributed by atoms with Gasteiger partial charge in [-0.05, 0) is 30.3 Å².